The van der Waals surface area contributed by atoms with E-state index in [1.165, 1.54) is 0 Å². The van der Waals surface area contributed by atoms with E-state index in [0.717, 1.165) is 19.3 Å². The Hall–Kier alpha value is -2.04. The Bertz CT molecular complexity index is 584. The van der Waals surface area contributed by atoms with Crippen LogP contribution in [0.25, 0.3) is 0 Å². The van der Waals surface area contributed by atoms with Crippen LogP contribution in [-0.2, 0) is 4.79 Å². The molecule has 0 aliphatic heterocycles. The van der Waals surface area contributed by atoms with E-state index in [4.69, 9.17) is 4.74 Å². The summed E-state index contributed by atoms with van der Waals surface area (Å²) < 4.78 is 5.33. The fourth-order valence-corrected chi connectivity index (χ4v) is 2.49. The maximum absolute atomic E-state index is 12.4. The second-order valence-corrected chi connectivity index (χ2v) is 7.32. The van der Waals surface area contributed by atoms with E-state index in [1.54, 1.807) is 24.3 Å². The van der Waals surface area contributed by atoms with Crippen molar-refractivity contribution in [2.75, 3.05) is 5.32 Å². The molecule has 140 valence electrons. The van der Waals surface area contributed by atoms with E-state index in [1.807, 2.05) is 20.8 Å². The van der Waals surface area contributed by atoms with Crippen LogP contribution in [0.3, 0.4) is 0 Å². The van der Waals surface area contributed by atoms with Gasteiger partial charge in [0.2, 0.25) is 5.91 Å². The van der Waals surface area contributed by atoms with E-state index in [0.29, 0.717) is 17.4 Å². The molecule has 5 nitrogen and oxygen atoms in total. The van der Waals surface area contributed by atoms with E-state index >= 15 is 0 Å². The summed E-state index contributed by atoms with van der Waals surface area (Å²) in [5.74, 6) is 0.736. The topological polar surface area (TPSA) is 67.4 Å². The van der Waals surface area contributed by atoms with Crippen molar-refractivity contribution in [2.24, 2.45) is 11.3 Å². The third-order valence-electron chi connectivity index (χ3n) is 4.64. The average Bonchev–Trinajstić information content (AvgIpc) is 2.54. The Labute approximate surface area is 151 Å². The summed E-state index contributed by atoms with van der Waals surface area (Å²) in [6.45, 7) is 12.0. The predicted octanol–water partition coefficient (Wildman–Crippen LogP) is 4.97. The van der Waals surface area contributed by atoms with Gasteiger partial charge in [0.15, 0.2) is 0 Å². The molecule has 0 radical (unpaired) electrons. The van der Waals surface area contributed by atoms with E-state index < -0.39 is 11.5 Å². The van der Waals surface area contributed by atoms with Crippen LogP contribution in [0, 0.1) is 11.3 Å². The molecule has 0 aliphatic rings. The molecule has 25 heavy (non-hydrogen) atoms. The van der Waals surface area contributed by atoms with Crippen molar-refractivity contribution in [3.8, 4) is 5.75 Å². The molecular formula is C20H32N2O3. The Morgan fingerprint density at radius 3 is 2.48 bits per heavy atom. The van der Waals surface area contributed by atoms with Crippen molar-refractivity contribution in [3.05, 3.63) is 24.3 Å². The number of ether oxygens (including phenoxy) is 1. The summed E-state index contributed by atoms with van der Waals surface area (Å²) in [5.41, 5.74) is 0.184. The zero-order valence-electron chi connectivity index (χ0n) is 16.3. The molecule has 1 rings (SSSR count). The number of hydrogen-bond donors (Lipinski definition) is 2. The molecule has 2 N–H and O–H groups in total. The molecule has 1 aromatic carbocycles. The first-order valence-corrected chi connectivity index (χ1v) is 9.09. The molecule has 1 aromatic rings. The maximum atomic E-state index is 12.4. The fraction of sp³-hybridized carbons (Fsp3) is 0.600. The van der Waals surface area contributed by atoms with Gasteiger partial charge < -0.3 is 15.4 Å². The highest BCUT2D eigenvalue weighted by Crippen LogP contribution is 2.25. The molecule has 5 heteroatoms. The lowest BCUT2D eigenvalue weighted by molar-refractivity contribution is -0.124. The highest BCUT2D eigenvalue weighted by Gasteiger charge is 2.26. The molecule has 0 fully saturated rings. The quantitative estimate of drug-likeness (QED) is 0.696. The SMILES string of the molecule is CCCC(C)(C)C(=O)Nc1cccc(OC(=O)NC(C)C(C)CC)c1. The first-order valence-electron chi connectivity index (χ1n) is 9.09. The summed E-state index contributed by atoms with van der Waals surface area (Å²) in [6, 6.07) is 6.93. The van der Waals surface area contributed by atoms with Crippen molar-refractivity contribution in [3.63, 3.8) is 0 Å². The van der Waals surface area contributed by atoms with Gasteiger partial charge in [0.05, 0.1) is 0 Å². The number of nitrogens with one attached hydrogen (secondary N) is 2. The lowest BCUT2D eigenvalue weighted by Gasteiger charge is -2.23. The van der Waals surface area contributed by atoms with Crippen LogP contribution in [0.1, 0.15) is 60.8 Å². The number of amides is 2. The van der Waals surface area contributed by atoms with Crippen molar-refractivity contribution in [1.82, 2.24) is 5.32 Å². The van der Waals surface area contributed by atoms with Crippen molar-refractivity contribution >= 4 is 17.7 Å². The number of hydrogen-bond acceptors (Lipinski definition) is 3. The molecule has 0 bridgehead atoms. The van der Waals surface area contributed by atoms with Crippen molar-refractivity contribution < 1.29 is 14.3 Å². The summed E-state index contributed by atoms with van der Waals surface area (Å²) in [5, 5.41) is 5.73. The lowest BCUT2D eigenvalue weighted by atomic mass is 9.87. The second-order valence-electron chi connectivity index (χ2n) is 7.32. The number of benzene rings is 1. The third-order valence-corrected chi connectivity index (χ3v) is 4.64. The second kappa shape index (κ2) is 9.44. The Kier molecular flexibility index (Phi) is 7.94. The van der Waals surface area contributed by atoms with Gasteiger partial charge in [0.25, 0.3) is 0 Å². The maximum Gasteiger partial charge on any atom is 0.412 e. The molecule has 2 unspecified atom stereocenters. The zero-order valence-corrected chi connectivity index (χ0v) is 16.3. The molecule has 0 heterocycles. The summed E-state index contributed by atoms with van der Waals surface area (Å²) in [7, 11) is 0. The van der Waals surface area contributed by atoms with Crippen molar-refractivity contribution in [1.29, 1.82) is 0 Å². The minimum atomic E-state index is -0.484. The predicted molar refractivity (Wildman–Crippen MR) is 102 cm³/mol. The van der Waals surface area contributed by atoms with Gasteiger partial charge in [-0.25, -0.2) is 4.79 Å². The minimum absolute atomic E-state index is 0.0372. The highest BCUT2D eigenvalue weighted by atomic mass is 16.6. The molecular weight excluding hydrogens is 316 g/mol. The molecule has 0 saturated carbocycles. The molecule has 0 spiro atoms. The largest absolute Gasteiger partial charge is 0.412 e. The molecule has 0 aliphatic carbocycles. The minimum Gasteiger partial charge on any atom is -0.410 e. The Morgan fingerprint density at radius 1 is 1.20 bits per heavy atom. The smallest absolute Gasteiger partial charge is 0.410 e. The van der Waals surface area contributed by atoms with Gasteiger partial charge in [0.1, 0.15) is 5.75 Å². The van der Waals surface area contributed by atoms with Crippen molar-refractivity contribution in [2.45, 2.75) is 66.8 Å². The molecule has 2 amide bonds. The standard InChI is InChI=1S/C20H32N2O3/c1-7-12-20(5,6)18(23)22-16-10-9-11-17(13-16)25-19(24)21-15(4)14(3)8-2/h9-11,13-15H,7-8,12H2,1-6H3,(H,21,24)(H,22,23). The normalized spacial score (nSPS) is 13.7. The van der Waals surface area contributed by atoms with Gasteiger partial charge in [0, 0.05) is 23.2 Å². The van der Waals surface area contributed by atoms with Crippen LogP contribution in [-0.4, -0.2) is 18.0 Å². The van der Waals surface area contributed by atoms with E-state index in [-0.39, 0.29) is 11.9 Å². The average molecular weight is 348 g/mol. The van der Waals surface area contributed by atoms with Gasteiger partial charge in [-0.3, -0.25) is 4.79 Å². The first kappa shape index (κ1) is 21.0. The number of carbonyl (C=O) groups excluding carboxylic acids is 2. The summed E-state index contributed by atoms with van der Waals surface area (Å²) in [6.07, 6.45) is 2.25. The van der Waals surface area contributed by atoms with Crippen LogP contribution in [0.5, 0.6) is 5.75 Å². The first-order chi connectivity index (χ1) is 11.7. The highest BCUT2D eigenvalue weighted by molar-refractivity contribution is 5.95. The van der Waals surface area contributed by atoms with Crippen LogP contribution in [0.2, 0.25) is 0 Å². The number of rotatable bonds is 8. The van der Waals surface area contributed by atoms with Gasteiger partial charge >= 0.3 is 6.09 Å². The van der Waals surface area contributed by atoms with Gasteiger partial charge in [-0.2, -0.15) is 0 Å². The van der Waals surface area contributed by atoms with Crippen LogP contribution >= 0.6 is 0 Å². The van der Waals surface area contributed by atoms with E-state index in [9.17, 15) is 9.59 Å². The van der Waals surface area contributed by atoms with Crippen LogP contribution in [0.15, 0.2) is 24.3 Å². The molecule has 2 atom stereocenters. The van der Waals surface area contributed by atoms with Gasteiger partial charge in [-0.1, -0.05) is 53.5 Å². The molecule has 0 saturated heterocycles. The Morgan fingerprint density at radius 2 is 1.88 bits per heavy atom. The summed E-state index contributed by atoms with van der Waals surface area (Å²) in [4.78, 5) is 24.4. The summed E-state index contributed by atoms with van der Waals surface area (Å²) >= 11 is 0. The van der Waals surface area contributed by atoms with Gasteiger partial charge in [-0.05, 0) is 31.4 Å². The Balaban J connectivity index is 2.69. The number of carbonyl (C=O) groups is 2. The zero-order chi connectivity index (χ0) is 19.0. The lowest BCUT2D eigenvalue weighted by Crippen LogP contribution is -2.38. The molecule has 0 aromatic heterocycles. The van der Waals surface area contributed by atoms with E-state index in [2.05, 4.69) is 31.4 Å². The fourth-order valence-electron chi connectivity index (χ4n) is 2.49. The van der Waals surface area contributed by atoms with Crippen LogP contribution in [0.4, 0.5) is 10.5 Å². The monoisotopic (exact) mass is 348 g/mol. The van der Waals surface area contributed by atoms with Gasteiger partial charge in [-0.15, -0.1) is 0 Å². The van der Waals surface area contributed by atoms with Crippen LogP contribution < -0.4 is 15.4 Å². The number of anilines is 1. The third kappa shape index (κ3) is 6.77.